The van der Waals surface area contributed by atoms with Gasteiger partial charge in [0.25, 0.3) is 11.5 Å². The number of rotatable bonds is 4. The number of carbonyl (C=O) groups is 2. The van der Waals surface area contributed by atoms with Crippen molar-refractivity contribution < 1.29 is 9.59 Å². The maximum Gasteiger partial charge on any atom is 0.263 e. The molecule has 2 aromatic rings. The number of aromatic nitrogens is 1. The van der Waals surface area contributed by atoms with E-state index in [1.807, 2.05) is 28.5 Å². The Kier molecular flexibility index (Phi) is 5.06. The fraction of sp³-hybridized carbons (Fsp3) is 0.435. The second kappa shape index (κ2) is 7.87. The van der Waals surface area contributed by atoms with Gasteiger partial charge >= 0.3 is 0 Å². The van der Waals surface area contributed by atoms with E-state index in [0.29, 0.717) is 26.2 Å². The zero-order valence-electron chi connectivity index (χ0n) is 16.8. The Morgan fingerprint density at radius 1 is 1.10 bits per heavy atom. The highest BCUT2D eigenvalue weighted by molar-refractivity contribution is 7.09. The molecule has 30 heavy (non-hydrogen) atoms. The van der Waals surface area contributed by atoms with E-state index in [1.165, 1.54) is 0 Å². The molecular formula is C23H25N3O3S. The molecule has 7 heteroatoms. The van der Waals surface area contributed by atoms with Gasteiger partial charge in [0.15, 0.2) is 0 Å². The van der Waals surface area contributed by atoms with Crippen LogP contribution in [0.5, 0.6) is 0 Å². The van der Waals surface area contributed by atoms with Crippen LogP contribution >= 0.6 is 11.3 Å². The molecule has 0 radical (unpaired) electrons. The van der Waals surface area contributed by atoms with E-state index in [4.69, 9.17) is 0 Å². The third kappa shape index (κ3) is 3.51. The molecule has 1 saturated heterocycles. The quantitative estimate of drug-likeness (QED) is 0.769. The number of fused-ring (bicyclic) bond motifs is 4. The number of nitrogens with one attached hydrogen (secondary N) is 1. The number of carbonyl (C=O) groups excluding carboxylic acids is 2. The van der Waals surface area contributed by atoms with E-state index >= 15 is 0 Å². The van der Waals surface area contributed by atoms with Crippen LogP contribution in [0.1, 0.15) is 46.1 Å². The summed E-state index contributed by atoms with van der Waals surface area (Å²) in [6.07, 6.45) is 6.85. The highest BCUT2D eigenvalue weighted by atomic mass is 32.1. The van der Waals surface area contributed by atoms with Gasteiger partial charge in [-0.2, -0.15) is 0 Å². The van der Waals surface area contributed by atoms with E-state index in [1.54, 1.807) is 22.0 Å². The van der Waals surface area contributed by atoms with Crippen LogP contribution in [0.3, 0.4) is 0 Å². The van der Waals surface area contributed by atoms with Crippen molar-refractivity contribution in [1.29, 1.82) is 0 Å². The number of likely N-dealkylation sites (tertiary alicyclic amines) is 1. The van der Waals surface area contributed by atoms with Gasteiger partial charge in [-0.3, -0.25) is 14.4 Å². The van der Waals surface area contributed by atoms with Gasteiger partial charge in [-0.15, -0.1) is 11.3 Å². The van der Waals surface area contributed by atoms with E-state index in [2.05, 4.69) is 17.5 Å². The van der Waals surface area contributed by atoms with Crippen LogP contribution in [0, 0.1) is 11.8 Å². The highest BCUT2D eigenvalue weighted by Crippen LogP contribution is 2.36. The summed E-state index contributed by atoms with van der Waals surface area (Å²) in [5.41, 5.74) is 0.930. The second-order valence-electron chi connectivity index (χ2n) is 8.53. The molecule has 1 fully saturated rings. The van der Waals surface area contributed by atoms with Gasteiger partial charge in [-0.05, 0) is 48.8 Å². The minimum atomic E-state index is -0.329. The minimum Gasteiger partial charge on any atom is -0.347 e. The molecule has 4 heterocycles. The fourth-order valence-electron chi connectivity index (χ4n) is 5.05. The number of hydrogen-bond donors (Lipinski definition) is 1. The molecule has 2 amide bonds. The van der Waals surface area contributed by atoms with Gasteiger partial charge in [-0.25, -0.2) is 0 Å². The summed E-state index contributed by atoms with van der Waals surface area (Å²) in [5, 5.41) is 4.82. The van der Waals surface area contributed by atoms with Crippen molar-refractivity contribution in [3.8, 4) is 0 Å². The van der Waals surface area contributed by atoms with Crippen LogP contribution in [0.4, 0.5) is 0 Å². The molecule has 0 saturated carbocycles. The molecule has 2 atom stereocenters. The Morgan fingerprint density at radius 3 is 2.70 bits per heavy atom. The standard InChI is InChI=1S/C23H25N3O3S/c27-21(24-11-18-6-3-9-30-18)19-7-8-20-17-10-15(13-26(20)23(19)29)12-25(14-17)22(28)16-4-1-2-5-16/h1-3,6-9,15-17H,4-5,10-14H2,(H,24,27)/t15-,17+/m0/s1. The lowest BCUT2D eigenvalue weighted by Gasteiger charge is -2.43. The molecule has 0 aromatic carbocycles. The van der Waals surface area contributed by atoms with E-state index in [9.17, 15) is 14.4 Å². The van der Waals surface area contributed by atoms with Gasteiger partial charge in [0.2, 0.25) is 5.91 Å². The molecule has 0 spiro atoms. The third-order valence-electron chi connectivity index (χ3n) is 6.52. The fourth-order valence-corrected chi connectivity index (χ4v) is 5.70. The average Bonchev–Trinajstić information content (AvgIpc) is 3.46. The number of thiophene rings is 1. The summed E-state index contributed by atoms with van der Waals surface area (Å²) in [4.78, 5) is 41.6. The molecule has 2 aromatic heterocycles. The maximum absolute atomic E-state index is 13.1. The van der Waals surface area contributed by atoms with Crippen molar-refractivity contribution in [2.45, 2.75) is 38.3 Å². The van der Waals surface area contributed by atoms with E-state index in [-0.39, 0.29) is 40.7 Å². The van der Waals surface area contributed by atoms with Crippen LogP contribution in [-0.4, -0.2) is 34.4 Å². The van der Waals surface area contributed by atoms with Crippen LogP contribution in [0.15, 0.2) is 46.6 Å². The summed E-state index contributed by atoms with van der Waals surface area (Å²) < 4.78 is 1.78. The molecule has 6 nitrogen and oxygen atoms in total. The first kappa shape index (κ1) is 19.3. The molecule has 1 N–H and O–H groups in total. The van der Waals surface area contributed by atoms with Crippen molar-refractivity contribution in [3.05, 3.63) is 68.3 Å². The first-order chi connectivity index (χ1) is 14.6. The van der Waals surface area contributed by atoms with E-state index < -0.39 is 0 Å². The molecule has 0 unspecified atom stereocenters. The first-order valence-electron chi connectivity index (χ1n) is 10.6. The van der Waals surface area contributed by atoms with Crippen molar-refractivity contribution in [2.75, 3.05) is 13.1 Å². The van der Waals surface area contributed by atoms with Crippen molar-refractivity contribution >= 4 is 23.2 Å². The minimum absolute atomic E-state index is 0.0837. The summed E-state index contributed by atoms with van der Waals surface area (Å²) in [7, 11) is 0. The normalized spacial score (nSPS) is 22.7. The van der Waals surface area contributed by atoms with Crippen LogP contribution in [0.25, 0.3) is 0 Å². The van der Waals surface area contributed by atoms with Crippen LogP contribution in [0.2, 0.25) is 0 Å². The Hall–Kier alpha value is -2.67. The monoisotopic (exact) mass is 423 g/mol. The lowest BCUT2D eigenvalue weighted by atomic mass is 9.82. The predicted molar refractivity (Wildman–Crippen MR) is 115 cm³/mol. The summed E-state index contributed by atoms with van der Waals surface area (Å²) in [6, 6.07) is 7.46. The molecule has 2 bridgehead atoms. The number of hydrogen-bond acceptors (Lipinski definition) is 4. The third-order valence-corrected chi connectivity index (χ3v) is 7.40. The van der Waals surface area contributed by atoms with Crippen LogP contribution in [-0.2, 0) is 17.9 Å². The zero-order chi connectivity index (χ0) is 20.7. The van der Waals surface area contributed by atoms with Crippen LogP contribution < -0.4 is 10.9 Å². The lowest BCUT2D eigenvalue weighted by molar-refractivity contribution is -0.138. The van der Waals surface area contributed by atoms with Crippen molar-refractivity contribution in [3.63, 3.8) is 0 Å². The molecule has 5 rings (SSSR count). The van der Waals surface area contributed by atoms with Gasteiger partial charge in [0.1, 0.15) is 5.56 Å². The molecule has 156 valence electrons. The molecule has 2 aliphatic heterocycles. The predicted octanol–water partition coefficient (Wildman–Crippen LogP) is 2.75. The summed E-state index contributed by atoms with van der Waals surface area (Å²) >= 11 is 1.58. The Bertz CT molecular complexity index is 1050. The highest BCUT2D eigenvalue weighted by Gasteiger charge is 2.38. The SMILES string of the molecule is O=C(NCc1cccs1)c1ccc2n(c1=O)C[C@H]1C[C@@H]2CN(C(=O)C2CC=CC2)C1. The Morgan fingerprint density at radius 2 is 1.93 bits per heavy atom. The summed E-state index contributed by atoms with van der Waals surface area (Å²) in [5.74, 6) is 0.420. The Labute approximate surface area is 179 Å². The van der Waals surface area contributed by atoms with Crippen molar-refractivity contribution in [2.24, 2.45) is 11.8 Å². The second-order valence-corrected chi connectivity index (χ2v) is 9.56. The number of amides is 2. The first-order valence-corrected chi connectivity index (χ1v) is 11.5. The molecule has 1 aliphatic carbocycles. The van der Waals surface area contributed by atoms with Gasteiger partial charge in [0.05, 0.1) is 6.54 Å². The summed E-state index contributed by atoms with van der Waals surface area (Å²) in [6.45, 7) is 2.36. The van der Waals surface area contributed by atoms with E-state index in [0.717, 1.165) is 29.8 Å². The van der Waals surface area contributed by atoms with Gasteiger partial charge in [0, 0.05) is 42.0 Å². The van der Waals surface area contributed by atoms with Gasteiger partial charge in [-0.1, -0.05) is 18.2 Å². The topological polar surface area (TPSA) is 71.4 Å². The Balaban J connectivity index is 1.34. The number of piperidine rings is 1. The van der Waals surface area contributed by atoms with Crippen molar-refractivity contribution in [1.82, 2.24) is 14.8 Å². The molecular weight excluding hydrogens is 398 g/mol. The number of pyridine rings is 1. The lowest BCUT2D eigenvalue weighted by Crippen LogP contribution is -2.51. The number of allylic oxidation sites excluding steroid dienone is 2. The number of nitrogens with zero attached hydrogens (tertiary/aromatic N) is 2. The largest absolute Gasteiger partial charge is 0.347 e. The van der Waals surface area contributed by atoms with Gasteiger partial charge < -0.3 is 14.8 Å². The average molecular weight is 424 g/mol. The zero-order valence-corrected chi connectivity index (χ0v) is 17.6. The molecule has 3 aliphatic rings. The maximum atomic E-state index is 13.1. The smallest absolute Gasteiger partial charge is 0.263 e.